The number of nitrogens with two attached hydrogens (primary N) is 1. The van der Waals surface area contributed by atoms with Gasteiger partial charge in [0, 0.05) is 11.3 Å². The second kappa shape index (κ2) is 5.75. The molecule has 0 spiro atoms. The Labute approximate surface area is 119 Å². The molecule has 0 amide bonds. The van der Waals surface area contributed by atoms with Crippen molar-refractivity contribution in [2.45, 2.75) is 12.8 Å². The van der Waals surface area contributed by atoms with Gasteiger partial charge in [0.25, 0.3) is 0 Å². The number of benzene rings is 2. The molecule has 0 radical (unpaired) electrons. The smallest absolute Gasteiger partial charge is 0.416 e. The number of anilines is 1. The van der Waals surface area contributed by atoms with Crippen LogP contribution in [0.5, 0.6) is 5.75 Å². The molecular formula is C15H11F3N2O. The summed E-state index contributed by atoms with van der Waals surface area (Å²) in [6.07, 6.45) is -4.50. The van der Waals surface area contributed by atoms with Crippen LogP contribution in [-0.2, 0) is 12.8 Å². The Kier molecular flexibility index (Phi) is 4.03. The second-order valence-electron chi connectivity index (χ2n) is 4.34. The van der Waals surface area contributed by atoms with Crippen molar-refractivity contribution >= 4 is 5.69 Å². The number of nitrogen functional groups attached to an aromatic ring is 1. The summed E-state index contributed by atoms with van der Waals surface area (Å²) in [4.78, 5) is 0. The lowest BCUT2D eigenvalue weighted by Crippen LogP contribution is -2.11. The normalized spacial score (nSPS) is 11.0. The highest BCUT2D eigenvalue weighted by molar-refractivity contribution is 5.46. The summed E-state index contributed by atoms with van der Waals surface area (Å²) in [5.41, 5.74) is 4.97. The quantitative estimate of drug-likeness (QED) is 0.877. The molecule has 0 aromatic heterocycles. The molecule has 108 valence electrons. The Morgan fingerprint density at radius 3 is 2.57 bits per heavy atom. The third-order valence-corrected chi connectivity index (χ3v) is 2.80. The molecule has 2 aromatic rings. The number of ether oxygens (including phenoxy) is 1. The zero-order valence-corrected chi connectivity index (χ0v) is 10.8. The Morgan fingerprint density at radius 2 is 1.90 bits per heavy atom. The van der Waals surface area contributed by atoms with Gasteiger partial charge in [-0.05, 0) is 30.3 Å². The van der Waals surface area contributed by atoms with Gasteiger partial charge in [-0.25, -0.2) is 0 Å². The van der Waals surface area contributed by atoms with Gasteiger partial charge in [0.2, 0.25) is 0 Å². The minimum Gasteiger partial charge on any atom is -0.489 e. The number of nitrogens with zero attached hydrogens (tertiary/aromatic N) is 1. The molecule has 0 saturated carbocycles. The van der Waals surface area contributed by atoms with Crippen LogP contribution >= 0.6 is 0 Å². The molecule has 0 atom stereocenters. The molecule has 0 aliphatic heterocycles. The number of halogens is 3. The van der Waals surface area contributed by atoms with Crippen molar-refractivity contribution in [2.75, 3.05) is 5.73 Å². The summed E-state index contributed by atoms with van der Waals surface area (Å²) in [7, 11) is 0. The highest BCUT2D eigenvalue weighted by Gasteiger charge is 2.33. The van der Waals surface area contributed by atoms with Crippen LogP contribution in [-0.4, -0.2) is 0 Å². The predicted octanol–water partition coefficient (Wildman–Crippen LogP) is 3.74. The number of nitriles is 1. The molecule has 0 heterocycles. The third kappa shape index (κ3) is 3.66. The lowest BCUT2D eigenvalue weighted by molar-refractivity contribution is -0.138. The maximum Gasteiger partial charge on any atom is 0.416 e. The van der Waals surface area contributed by atoms with Crippen molar-refractivity contribution < 1.29 is 17.9 Å². The van der Waals surface area contributed by atoms with Crippen LogP contribution in [0, 0.1) is 11.3 Å². The third-order valence-electron chi connectivity index (χ3n) is 2.80. The SMILES string of the molecule is N#Cc1cccc(OCc2ccc(N)cc2C(F)(F)F)c1. The first-order chi connectivity index (χ1) is 9.90. The fourth-order valence-electron chi connectivity index (χ4n) is 1.80. The maximum atomic E-state index is 12.9. The molecule has 0 aliphatic rings. The highest BCUT2D eigenvalue weighted by Crippen LogP contribution is 2.33. The molecule has 2 rings (SSSR count). The zero-order valence-electron chi connectivity index (χ0n) is 10.8. The van der Waals surface area contributed by atoms with Crippen LogP contribution in [0.15, 0.2) is 42.5 Å². The van der Waals surface area contributed by atoms with E-state index in [0.29, 0.717) is 11.3 Å². The van der Waals surface area contributed by atoms with Crippen molar-refractivity contribution in [3.8, 4) is 11.8 Å². The molecule has 0 aliphatic carbocycles. The lowest BCUT2D eigenvalue weighted by atomic mass is 10.1. The van der Waals surface area contributed by atoms with Crippen LogP contribution in [0.25, 0.3) is 0 Å². The van der Waals surface area contributed by atoms with Crippen molar-refractivity contribution in [1.82, 2.24) is 0 Å². The minimum absolute atomic E-state index is 0.0148. The van der Waals surface area contributed by atoms with Gasteiger partial charge in [-0.3, -0.25) is 0 Å². The van der Waals surface area contributed by atoms with E-state index >= 15 is 0 Å². The van der Waals surface area contributed by atoms with E-state index < -0.39 is 11.7 Å². The number of rotatable bonds is 3. The lowest BCUT2D eigenvalue weighted by Gasteiger charge is -2.14. The average Bonchev–Trinajstić information content (AvgIpc) is 2.45. The fraction of sp³-hybridized carbons (Fsp3) is 0.133. The van der Waals surface area contributed by atoms with E-state index in [1.807, 2.05) is 6.07 Å². The molecule has 21 heavy (non-hydrogen) atoms. The standard InChI is InChI=1S/C15H11F3N2O/c16-15(17,18)14-7-12(20)5-4-11(14)9-21-13-3-1-2-10(6-13)8-19/h1-7H,9,20H2. The summed E-state index contributed by atoms with van der Waals surface area (Å²) >= 11 is 0. The van der Waals surface area contributed by atoms with E-state index in [1.54, 1.807) is 18.2 Å². The Hall–Kier alpha value is -2.68. The molecule has 2 N–H and O–H groups in total. The first-order valence-electron chi connectivity index (χ1n) is 5.98. The maximum absolute atomic E-state index is 12.9. The zero-order chi connectivity index (χ0) is 15.5. The van der Waals surface area contributed by atoms with Crippen LogP contribution in [0.3, 0.4) is 0 Å². The molecular weight excluding hydrogens is 281 g/mol. The van der Waals surface area contributed by atoms with Gasteiger partial charge in [0.05, 0.1) is 17.2 Å². The van der Waals surface area contributed by atoms with Crippen molar-refractivity contribution in [1.29, 1.82) is 5.26 Å². The average molecular weight is 292 g/mol. The summed E-state index contributed by atoms with van der Waals surface area (Å²) in [5, 5.41) is 8.76. The van der Waals surface area contributed by atoms with E-state index in [-0.39, 0.29) is 17.9 Å². The molecule has 0 fully saturated rings. The summed E-state index contributed by atoms with van der Waals surface area (Å²) < 4.78 is 44.1. The Morgan fingerprint density at radius 1 is 1.14 bits per heavy atom. The van der Waals surface area contributed by atoms with E-state index in [4.69, 9.17) is 15.7 Å². The largest absolute Gasteiger partial charge is 0.489 e. The molecule has 0 unspecified atom stereocenters. The predicted molar refractivity (Wildman–Crippen MR) is 71.3 cm³/mol. The van der Waals surface area contributed by atoms with Gasteiger partial charge in [-0.15, -0.1) is 0 Å². The van der Waals surface area contributed by atoms with Crippen LogP contribution in [0.2, 0.25) is 0 Å². The second-order valence-corrected chi connectivity index (χ2v) is 4.34. The number of alkyl halides is 3. The summed E-state index contributed by atoms with van der Waals surface area (Å²) in [5.74, 6) is 0.332. The van der Waals surface area contributed by atoms with Gasteiger partial charge in [-0.1, -0.05) is 12.1 Å². The van der Waals surface area contributed by atoms with E-state index in [0.717, 1.165) is 6.07 Å². The van der Waals surface area contributed by atoms with Crippen LogP contribution in [0.1, 0.15) is 16.7 Å². The van der Waals surface area contributed by atoms with E-state index in [2.05, 4.69) is 0 Å². The molecule has 0 saturated heterocycles. The fourth-order valence-corrected chi connectivity index (χ4v) is 1.80. The van der Waals surface area contributed by atoms with Crippen LogP contribution in [0.4, 0.5) is 18.9 Å². The Bertz CT molecular complexity index is 690. The number of hydrogen-bond donors (Lipinski definition) is 1. The summed E-state index contributed by atoms with van der Waals surface area (Å²) in [6.45, 7) is -0.260. The van der Waals surface area contributed by atoms with Gasteiger partial charge in [0.1, 0.15) is 12.4 Å². The first-order valence-corrected chi connectivity index (χ1v) is 5.98. The molecule has 6 heteroatoms. The highest BCUT2D eigenvalue weighted by atomic mass is 19.4. The molecule has 3 nitrogen and oxygen atoms in total. The van der Waals surface area contributed by atoms with Crippen molar-refractivity contribution in [3.05, 3.63) is 59.2 Å². The van der Waals surface area contributed by atoms with Gasteiger partial charge in [0.15, 0.2) is 0 Å². The molecule has 0 bridgehead atoms. The first kappa shape index (κ1) is 14.7. The monoisotopic (exact) mass is 292 g/mol. The van der Waals surface area contributed by atoms with Crippen LogP contribution < -0.4 is 10.5 Å². The van der Waals surface area contributed by atoms with Gasteiger partial charge in [-0.2, -0.15) is 18.4 Å². The minimum atomic E-state index is -4.50. The van der Waals surface area contributed by atoms with E-state index in [9.17, 15) is 13.2 Å². The van der Waals surface area contributed by atoms with Gasteiger partial charge >= 0.3 is 6.18 Å². The van der Waals surface area contributed by atoms with E-state index in [1.165, 1.54) is 18.2 Å². The number of hydrogen-bond acceptors (Lipinski definition) is 3. The summed E-state index contributed by atoms with van der Waals surface area (Å²) in [6, 6.07) is 11.7. The van der Waals surface area contributed by atoms with Crippen molar-refractivity contribution in [2.24, 2.45) is 0 Å². The van der Waals surface area contributed by atoms with Gasteiger partial charge < -0.3 is 10.5 Å². The topological polar surface area (TPSA) is 59.0 Å². The van der Waals surface area contributed by atoms with Crippen molar-refractivity contribution in [3.63, 3.8) is 0 Å². The Balaban J connectivity index is 2.22. The molecule has 2 aromatic carbocycles.